The molecular formula is C24H24ClN3O6S. The van der Waals surface area contributed by atoms with Gasteiger partial charge in [0.15, 0.2) is 0 Å². The van der Waals surface area contributed by atoms with Crippen LogP contribution in [0, 0.1) is 17.0 Å². The van der Waals surface area contributed by atoms with Gasteiger partial charge in [0.05, 0.1) is 22.1 Å². The molecule has 0 aliphatic rings. The average Bonchev–Trinajstić information content (AvgIpc) is 2.81. The number of aryl methyl sites for hydroxylation is 1. The Morgan fingerprint density at radius 3 is 2.43 bits per heavy atom. The highest BCUT2D eigenvalue weighted by atomic mass is 35.5. The van der Waals surface area contributed by atoms with E-state index in [1.54, 1.807) is 38.1 Å². The number of ether oxygens (including phenoxy) is 1. The molecule has 9 nitrogen and oxygen atoms in total. The third-order valence-corrected chi connectivity index (χ3v) is 7.29. The van der Waals surface area contributed by atoms with Gasteiger partial charge in [0.25, 0.3) is 11.6 Å². The summed E-state index contributed by atoms with van der Waals surface area (Å²) < 4.78 is 32.8. The summed E-state index contributed by atoms with van der Waals surface area (Å²) in [4.78, 5) is 23.6. The number of nitrogens with zero attached hydrogens (tertiary/aromatic N) is 2. The zero-order valence-electron chi connectivity index (χ0n) is 19.3. The molecule has 1 amide bonds. The molecule has 0 bridgehead atoms. The van der Waals surface area contributed by atoms with E-state index in [4.69, 9.17) is 16.3 Å². The van der Waals surface area contributed by atoms with Crippen LogP contribution in [-0.4, -0.2) is 37.2 Å². The third-order valence-electron chi connectivity index (χ3n) is 5.22. The van der Waals surface area contributed by atoms with Gasteiger partial charge in [-0.05, 0) is 61.9 Å². The van der Waals surface area contributed by atoms with Gasteiger partial charge in [-0.1, -0.05) is 17.7 Å². The second kappa shape index (κ2) is 10.9. The van der Waals surface area contributed by atoms with Gasteiger partial charge in [0.2, 0.25) is 10.0 Å². The lowest BCUT2D eigenvalue weighted by Gasteiger charge is -2.20. The number of nitrogens with one attached hydrogen (secondary N) is 1. The number of carbonyl (C=O) groups is 1. The zero-order valence-corrected chi connectivity index (χ0v) is 20.9. The lowest BCUT2D eigenvalue weighted by atomic mass is 10.1. The van der Waals surface area contributed by atoms with Gasteiger partial charge in [0, 0.05) is 41.9 Å². The molecule has 0 aliphatic heterocycles. The van der Waals surface area contributed by atoms with Crippen LogP contribution in [-0.2, 0) is 16.6 Å². The van der Waals surface area contributed by atoms with E-state index in [1.165, 1.54) is 43.4 Å². The SMILES string of the molecule is CCOc1ccc(C(=O)Nc2cc([N+](=O)[O-])ccc2C)cc1CN(C)S(=O)(=O)c1ccc(Cl)cc1. The summed E-state index contributed by atoms with van der Waals surface area (Å²) in [6.07, 6.45) is 0. The summed E-state index contributed by atoms with van der Waals surface area (Å²) >= 11 is 5.87. The first kappa shape index (κ1) is 26.1. The van der Waals surface area contributed by atoms with Crippen molar-refractivity contribution in [1.29, 1.82) is 0 Å². The Kier molecular flexibility index (Phi) is 8.11. The first-order valence-corrected chi connectivity index (χ1v) is 12.4. The van der Waals surface area contributed by atoms with Crippen LogP contribution in [0.25, 0.3) is 0 Å². The zero-order chi connectivity index (χ0) is 25.8. The molecular weight excluding hydrogens is 494 g/mol. The molecule has 0 saturated carbocycles. The maximum Gasteiger partial charge on any atom is 0.271 e. The Hall–Kier alpha value is -3.47. The molecule has 0 spiro atoms. The number of hydrogen-bond acceptors (Lipinski definition) is 6. The molecule has 0 heterocycles. The number of rotatable bonds is 9. The second-order valence-electron chi connectivity index (χ2n) is 7.68. The number of nitro benzene ring substituents is 1. The van der Waals surface area contributed by atoms with Crippen molar-refractivity contribution in [1.82, 2.24) is 4.31 Å². The van der Waals surface area contributed by atoms with Gasteiger partial charge in [0.1, 0.15) is 5.75 Å². The number of halogens is 1. The summed E-state index contributed by atoms with van der Waals surface area (Å²) in [5.41, 5.74) is 1.54. The van der Waals surface area contributed by atoms with Crippen molar-refractivity contribution in [2.75, 3.05) is 19.0 Å². The summed E-state index contributed by atoms with van der Waals surface area (Å²) in [6.45, 7) is 3.81. The van der Waals surface area contributed by atoms with Crippen LogP contribution < -0.4 is 10.1 Å². The molecule has 0 saturated heterocycles. The van der Waals surface area contributed by atoms with Gasteiger partial charge < -0.3 is 10.1 Å². The largest absolute Gasteiger partial charge is 0.494 e. The summed E-state index contributed by atoms with van der Waals surface area (Å²) in [7, 11) is -2.40. The van der Waals surface area contributed by atoms with Crippen LogP contribution >= 0.6 is 11.6 Å². The topological polar surface area (TPSA) is 119 Å². The van der Waals surface area contributed by atoms with E-state index in [9.17, 15) is 23.3 Å². The molecule has 3 aromatic rings. The number of amides is 1. The predicted molar refractivity (Wildman–Crippen MR) is 134 cm³/mol. The quantitative estimate of drug-likeness (QED) is 0.314. The number of nitro groups is 1. The van der Waals surface area contributed by atoms with Crippen LogP contribution in [0.4, 0.5) is 11.4 Å². The van der Waals surface area contributed by atoms with Gasteiger partial charge in [-0.2, -0.15) is 4.31 Å². The Morgan fingerprint density at radius 1 is 1.11 bits per heavy atom. The number of hydrogen-bond donors (Lipinski definition) is 1. The van der Waals surface area contributed by atoms with Crippen molar-refractivity contribution in [2.24, 2.45) is 0 Å². The molecule has 35 heavy (non-hydrogen) atoms. The number of non-ortho nitro benzene ring substituents is 1. The van der Waals surface area contributed by atoms with Crippen molar-refractivity contribution >= 4 is 38.9 Å². The van der Waals surface area contributed by atoms with Crippen molar-refractivity contribution in [3.8, 4) is 5.75 Å². The summed E-state index contributed by atoms with van der Waals surface area (Å²) in [6, 6.07) is 14.7. The van der Waals surface area contributed by atoms with Crippen molar-refractivity contribution < 1.29 is 22.9 Å². The third kappa shape index (κ3) is 6.16. The molecule has 3 aromatic carbocycles. The van der Waals surface area contributed by atoms with Gasteiger partial charge >= 0.3 is 0 Å². The van der Waals surface area contributed by atoms with E-state index in [1.807, 2.05) is 0 Å². The molecule has 0 unspecified atom stereocenters. The highest BCUT2D eigenvalue weighted by Crippen LogP contribution is 2.27. The highest BCUT2D eigenvalue weighted by molar-refractivity contribution is 7.89. The number of sulfonamides is 1. The smallest absolute Gasteiger partial charge is 0.271 e. The standard InChI is InChI=1S/C24H24ClN3O6S/c1-4-34-23-12-6-17(24(29)26-22-14-20(28(30)31)9-5-16(22)2)13-18(23)15-27(3)35(32,33)21-10-7-19(25)8-11-21/h5-14H,4,15H2,1-3H3,(H,26,29). The number of benzene rings is 3. The van der Waals surface area contributed by atoms with Gasteiger partial charge in [-0.25, -0.2) is 8.42 Å². The first-order valence-electron chi connectivity index (χ1n) is 10.6. The average molecular weight is 518 g/mol. The molecule has 3 rings (SSSR count). The van der Waals surface area contributed by atoms with Crippen molar-refractivity contribution in [3.05, 3.63) is 92.5 Å². The van der Waals surface area contributed by atoms with E-state index in [-0.39, 0.29) is 22.7 Å². The van der Waals surface area contributed by atoms with Crippen molar-refractivity contribution in [2.45, 2.75) is 25.3 Å². The van der Waals surface area contributed by atoms with Crippen LogP contribution in [0.2, 0.25) is 5.02 Å². The molecule has 0 atom stereocenters. The van der Waals surface area contributed by atoms with Crippen LogP contribution in [0.5, 0.6) is 5.75 Å². The van der Waals surface area contributed by atoms with Gasteiger partial charge in [-0.3, -0.25) is 14.9 Å². The predicted octanol–water partition coefficient (Wildman–Crippen LogP) is 5.03. The molecule has 0 aliphatic carbocycles. The minimum atomic E-state index is -3.83. The lowest BCUT2D eigenvalue weighted by molar-refractivity contribution is -0.384. The highest BCUT2D eigenvalue weighted by Gasteiger charge is 2.23. The molecule has 11 heteroatoms. The van der Waals surface area contributed by atoms with E-state index in [0.717, 1.165) is 4.31 Å². The molecule has 0 aromatic heterocycles. The first-order chi connectivity index (χ1) is 16.5. The molecule has 0 radical (unpaired) electrons. The molecule has 0 fully saturated rings. The van der Waals surface area contributed by atoms with E-state index in [2.05, 4.69) is 5.32 Å². The monoisotopic (exact) mass is 517 g/mol. The Labute approximate surface area is 208 Å². The maximum atomic E-state index is 13.0. The Balaban J connectivity index is 1.89. The fraction of sp³-hybridized carbons (Fsp3) is 0.208. The van der Waals surface area contributed by atoms with Gasteiger partial charge in [-0.15, -0.1) is 0 Å². The van der Waals surface area contributed by atoms with Crippen LogP contribution in [0.1, 0.15) is 28.4 Å². The van der Waals surface area contributed by atoms with E-state index in [0.29, 0.717) is 34.2 Å². The molecule has 184 valence electrons. The van der Waals surface area contributed by atoms with Crippen LogP contribution in [0.3, 0.4) is 0 Å². The normalized spacial score (nSPS) is 11.3. The van der Waals surface area contributed by atoms with E-state index >= 15 is 0 Å². The van der Waals surface area contributed by atoms with Crippen molar-refractivity contribution in [3.63, 3.8) is 0 Å². The fourth-order valence-electron chi connectivity index (χ4n) is 3.30. The Morgan fingerprint density at radius 2 is 1.80 bits per heavy atom. The Bertz CT molecular complexity index is 1360. The van der Waals surface area contributed by atoms with E-state index < -0.39 is 20.9 Å². The van der Waals surface area contributed by atoms with Crippen LogP contribution in [0.15, 0.2) is 65.6 Å². The second-order valence-corrected chi connectivity index (χ2v) is 10.2. The summed E-state index contributed by atoms with van der Waals surface area (Å²) in [5, 5.41) is 14.2. The minimum absolute atomic E-state index is 0.0583. The maximum absolute atomic E-state index is 13.0. The molecule has 1 N–H and O–H groups in total. The minimum Gasteiger partial charge on any atom is -0.494 e. The number of anilines is 1. The lowest BCUT2D eigenvalue weighted by Crippen LogP contribution is -2.27. The fourth-order valence-corrected chi connectivity index (χ4v) is 4.58. The number of carbonyl (C=O) groups excluding carboxylic acids is 1. The summed E-state index contributed by atoms with van der Waals surface area (Å²) in [5.74, 6) is -0.0603.